The van der Waals surface area contributed by atoms with Gasteiger partial charge in [-0.15, -0.1) is 0 Å². The fourth-order valence-corrected chi connectivity index (χ4v) is 1.94. The summed E-state index contributed by atoms with van der Waals surface area (Å²) in [6.07, 6.45) is 1.56. The number of anilines is 1. The van der Waals surface area contributed by atoms with Crippen molar-refractivity contribution in [3.8, 4) is 0 Å². The van der Waals surface area contributed by atoms with Gasteiger partial charge in [-0.3, -0.25) is 4.79 Å². The predicted octanol–water partition coefficient (Wildman–Crippen LogP) is 3.95. The number of carbonyl (C=O) groups excluding carboxylic acids is 1. The van der Waals surface area contributed by atoms with E-state index in [9.17, 15) is 4.79 Å². The van der Waals surface area contributed by atoms with E-state index in [1.807, 2.05) is 6.92 Å². The molecule has 2 rings (SSSR count). The van der Waals surface area contributed by atoms with Crippen molar-refractivity contribution in [2.75, 3.05) is 5.32 Å². The number of carbonyl (C=O) groups is 1. The van der Waals surface area contributed by atoms with Crippen LogP contribution in [0.15, 0.2) is 36.5 Å². The molecule has 1 amide bonds. The van der Waals surface area contributed by atoms with E-state index in [0.717, 1.165) is 5.56 Å². The van der Waals surface area contributed by atoms with Crippen molar-refractivity contribution in [1.82, 2.24) is 4.98 Å². The molecule has 2 aromatic rings. The largest absolute Gasteiger partial charge is 0.319 e. The summed E-state index contributed by atoms with van der Waals surface area (Å²) >= 11 is 11.7. The SMILES string of the molecule is Cc1cc(Cl)ccc1C(=O)Nc1cccnc1Cl. The molecule has 0 radical (unpaired) electrons. The molecule has 0 aliphatic heterocycles. The fourth-order valence-electron chi connectivity index (χ4n) is 1.55. The van der Waals surface area contributed by atoms with Crippen LogP contribution in [0, 0.1) is 6.92 Å². The maximum atomic E-state index is 12.1. The minimum absolute atomic E-state index is 0.237. The molecule has 0 atom stereocenters. The van der Waals surface area contributed by atoms with Crippen molar-refractivity contribution in [2.24, 2.45) is 0 Å². The lowest BCUT2D eigenvalue weighted by Gasteiger charge is -2.08. The third kappa shape index (κ3) is 2.81. The Morgan fingerprint density at radius 1 is 1.28 bits per heavy atom. The van der Waals surface area contributed by atoms with Crippen molar-refractivity contribution in [3.63, 3.8) is 0 Å². The molecule has 92 valence electrons. The quantitative estimate of drug-likeness (QED) is 0.847. The van der Waals surface area contributed by atoms with E-state index >= 15 is 0 Å². The Morgan fingerprint density at radius 3 is 2.72 bits per heavy atom. The molecular formula is C13H10Cl2N2O. The van der Waals surface area contributed by atoms with E-state index < -0.39 is 0 Å². The number of nitrogens with zero attached hydrogens (tertiary/aromatic N) is 1. The Bertz CT molecular complexity index is 599. The number of benzene rings is 1. The lowest BCUT2D eigenvalue weighted by Crippen LogP contribution is -2.13. The van der Waals surface area contributed by atoms with Gasteiger partial charge >= 0.3 is 0 Å². The van der Waals surface area contributed by atoms with Crippen LogP contribution < -0.4 is 5.32 Å². The summed E-state index contributed by atoms with van der Waals surface area (Å²) in [5, 5.41) is 3.57. The maximum Gasteiger partial charge on any atom is 0.256 e. The monoisotopic (exact) mass is 280 g/mol. The van der Waals surface area contributed by atoms with E-state index in [1.54, 1.807) is 36.5 Å². The standard InChI is InChI=1S/C13H10Cl2N2O/c1-8-7-9(14)4-5-10(8)13(18)17-11-3-2-6-16-12(11)15/h2-7H,1H3,(H,17,18). The van der Waals surface area contributed by atoms with Gasteiger partial charge < -0.3 is 5.32 Å². The molecular weight excluding hydrogens is 271 g/mol. The van der Waals surface area contributed by atoms with Gasteiger partial charge in [0.25, 0.3) is 5.91 Å². The maximum absolute atomic E-state index is 12.1. The Morgan fingerprint density at radius 2 is 2.06 bits per heavy atom. The van der Waals surface area contributed by atoms with Gasteiger partial charge in [-0.1, -0.05) is 23.2 Å². The van der Waals surface area contributed by atoms with Crippen molar-refractivity contribution >= 4 is 34.8 Å². The van der Waals surface area contributed by atoms with Gasteiger partial charge in [-0.05, 0) is 42.8 Å². The van der Waals surface area contributed by atoms with Crippen molar-refractivity contribution < 1.29 is 4.79 Å². The predicted molar refractivity (Wildman–Crippen MR) is 73.4 cm³/mol. The second-order valence-electron chi connectivity index (χ2n) is 3.76. The van der Waals surface area contributed by atoms with E-state index in [1.165, 1.54) is 0 Å². The molecule has 1 aromatic carbocycles. The van der Waals surface area contributed by atoms with Crippen LogP contribution in [0.3, 0.4) is 0 Å². The summed E-state index contributed by atoms with van der Waals surface area (Å²) in [5.74, 6) is -0.237. The number of nitrogens with one attached hydrogen (secondary N) is 1. The molecule has 0 bridgehead atoms. The van der Waals surface area contributed by atoms with Crippen LogP contribution in [0.5, 0.6) is 0 Å². The van der Waals surface area contributed by atoms with E-state index in [0.29, 0.717) is 16.3 Å². The van der Waals surface area contributed by atoms with Gasteiger partial charge in [0, 0.05) is 16.8 Å². The first kappa shape index (κ1) is 12.9. The number of rotatable bonds is 2. The number of aromatic nitrogens is 1. The molecule has 1 heterocycles. The molecule has 5 heteroatoms. The van der Waals surface area contributed by atoms with Gasteiger partial charge in [0.15, 0.2) is 5.15 Å². The van der Waals surface area contributed by atoms with Crippen molar-refractivity contribution in [1.29, 1.82) is 0 Å². The minimum atomic E-state index is -0.237. The molecule has 0 spiro atoms. The zero-order valence-corrected chi connectivity index (χ0v) is 11.1. The van der Waals surface area contributed by atoms with Gasteiger partial charge in [0.2, 0.25) is 0 Å². The van der Waals surface area contributed by atoms with Crippen LogP contribution >= 0.6 is 23.2 Å². The average Bonchev–Trinajstić information content (AvgIpc) is 2.32. The smallest absolute Gasteiger partial charge is 0.256 e. The molecule has 0 saturated carbocycles. The first-order valence-electron chi connectivity index (χ1n) is 5.26. The third-order valence-electron chi connectivity index (χ3n) is 2.44. The summed E-state index contributed by atoms with van der Waals surface area (Å²) < 4.78 is 0. The van der Waals surface area contributed by atoms with E-state index in [4.69, 9.17) is 23.2 Å². The van der Waals surface area contributed by atoms with Crippen LogP contribution in [0.25, 0.3) is 0 Å². The highest BCUT2D eigenvalue weighted by Gasteiger charge is 2.11. The summed E-state index contributed by atoms with van der Waals surface area (Å²) in [4.78, 5) is 15.9. The summed E-state index contributed by atoms with van der Waals surface area (Å²) in [7, 11) is 0. The fraction of sp³-hybridized carbons (Fsp3) is 0.0769. The third-order valence-corrected chi connectivity index (χ3v) is 2.98. The molecule has 1 N–H and O–H groups in total. The molecule has 0 aliphatic carbocycles. The minimum Gasteiger partial charge on any atom is -0.319 e. The average molecular weight is 281 g/mol. The Balaban J connectivity index is 2.25. The number of pyridine rings is 1. The van der Waals surface area contributed by atoms with Gasteiger partial charge in [-0.2, -0.15) is 0 Å². The van der Waals surface area contributed by atoms with Crippen LogP contribution in [-0.4, -0.2) is 10.9 Å². The van der Waals surface area contributed by atoms with Crippen molar-refractivity contribution in [3.05, 3.63) is 57.8 Å². The number of amides is 1. The number of aryl methyl sites for hydroxylation is 1. The van der Waals surface area contributed by atoms with Crippen LogP contribution in [0.2, 0.25) is 10.2 Å². The summed E-state index contributed by atoms with van der Waals surface area (Å²) in [5.41, 5.74) is 1.85. The lowest BCUT2D eigenvalue weighted by atomic mass is 10.1. The second-order valence-corrected chi connectivity index (χ2v) is 4.55. The summed E-state index contributed by atoms with van der Waals surface area (Å²) in [6, 6.07) is 8.49. The van der Waals surface area contributed by atoms with E-state index in [2.05, 4.69) is 10.3 Å². The zero-order chi connectivity index (χ0) is 13.1. The highest BCUT2D eigenvalue weighted by atomic mass is 35.5. The molecule has 0 fully saturated rings. The first-order chi connectivity index (χ1) is 8.58. The number of hydrogen-bond donors (Lipinski definition) is 1. The first-order valence-corrected chi connectivity index (χ1v) is 6.01. The van der Waals surface area contributed by atoms with E-state index in [-0.39, 0.29) is 11.1 Å². The van der Waals surface area contributed by atoms with Crippen molar-refractivity contribution in [2.45, 2.75) is 6.92 Å². The molecule has 18 heavy (non-hydrogen) atoms. The lowest BCUT2D eigenvalue weighted by molar-refractivity contribution is 0.102. The normalized spacial score (nSPS) is 10.2. The van der Waals surface area contributed by atoms with Crippen LogP contribution in [0.4, 0.5) is 5.69 Å². The topological polar surface area (TPSA) is 42.0 Å². The Hall–Kier alpha value is -1.58. The zero-order valence-electron chi connectivity index (χ0n) is 9.58. The summed E-state index contributed by atoms with van der Waals surface area (Å²) in [6.45, 7) is 1.83. The number of hydrogen-bond acceptors (Lipinski definition) is 2. The Kier molecular flexibility index (Phi) is 3.84. The highest BCUT2D eigenvalue weighted by molar-refractivity contribution is 6.32. The van der Waals surface area contributed by atoms with Crippen LogP contribution in [0.1, 0.15) is 15.9 Å². The van der Waals surface area contributed by atoms with Gasteiger partial charge in [0.1, 0.15) is 0 Å². The highest BCUT2D eigenvalue weighted by Crippen LogP contribution is 2.20. The van der Waals surface area contributed by atoms with Gasteiger partial charge in [0.05, 0.1) is 5.69 Å². The van der Waals surface area contributed by atoms with Gasteiger partial charge in [-0.25, -0.2) is 4.98 Å². The Labute approximate surface area is 115 Å². The molecule has 3 nitrogen and oxygen atoms in total. The second kappa shape index (κ2) is 5.38. The number of halogens is 2. The molecule has 0 saturated heterocycles. The molecule has 1 aromatic heterocycles. The molecule has 0 unspecified atom stereocenters. The molecule has 0 aliphatic rings. The van der Waals surface area contributed by atoms with Crippen LogP contribution in [-0.2, 0) is 0 Å².